The van der Waals surface area contributed by atoms with Gasteiger partial charge in [-0.1, -0.05) is 23.7 Å². The molecule has 0 spiro atoms. The van der Waals surface area contributed by atoms with Crippen LogP contribution in [0, 0.1) is 0 Å². The van der Waals surface area contributed by atoms with Crippen molar-refractivity contribution in [2.24, 2.45) is 0 Å². The lowest BCUT2D eigenvalue weighted by molar-refractivity contribution is -0.122. The van der Waals surface area contributed by atoms with Crippen molar-refractivity contribution in [3.8, 4) is 11.5 Å². The first kappa shape index (κ1) is 22.3. The Bertz CT molecular complexity index is 1080. The Hall–Kier alpha value is -2.91. The van der Waals surface area contributed by atoms with Crippen molar-refractivity contribution < 1.29 is 23.9 Å². The van der Waals surface area contributed by atoms with Crippen molar-refractivity contribution in [1.82, 2.24) is 16.0 Å². The van der Waals surface area contributed by atoms with Crippen molar-refractivity contribution in [3.63, 3.8) is 0 Å². The van der Waals surface area contributed by atoms with Crippen LogP contribution >= 0.6 is 23.4 Å². The van der Waals surface area contributed by atoms with E-state index in [9.17, 15) is 14.4 Å². The Morgan fingerprint density at radius 3 is 2.78 bits per heavy atom. The van der Waals surface area contributed by atoms with Gasteiger partial charge in [0.2, 0.25) is 0 Å². The summed E-state index contributed by atoms with van der Waals surface area (Å²) in [6.45, 7) is 2.99. The fourth-order valence-electron chi connectivity index (χ4n) is 3.35. The van der Waals surface area contributed by atoms with Gasteiger partial charge in [-0.2, -0.15) is 0 Å². The third-order valence-corrected chi connectivity index (χ3v) is 6.75. The van der Waals surface area contributed by atoms with Gasteiger partial charge in [-0.05, 0) is 36.8 Å². The van der Waals surface area contributed by atoms with Crippen LogP contribution in [0.25, 0.3) is 0 Å². The second-order valence-corrected chi connectivity index (χ2v) is 9.09. The van der Waals surface area contributed by atoms with Gasteiger partial charge in [-0.25, -0.2) is 4.79 Å². The Kier molecular flexibility index (Phi) is 6.48. The molecule has 0 saturated carbocycles. The number of amides is 4. The maximum absolute atomic E-state index is 12.9. The van der Waals surface area contributed by atoms with Crippen molar-refractivity contribution in [1.29, 1.82) is 0 Å². The summed E-state index contributed by atoms with van der Waals surface area (Å²) in [5, 5.41) is 8.20. The summed E-state index contributed by atoms with van der Waals surface area (Å²) in [4.78, 5) is 37.1. The van der Waals surface area contributed by atoms with Crippen molar-refractivity contribution >= 4 is 41.2 Å². The van der Waals surface area contributed by atoms with Crippen molar-refractivity contribution in [2.45, 2.75) is 30.3 Å². The fraction of sp³-hybridized carbons (Fsp3) is 0.318. The molecule has 2 aliphatic heterocycles. The predicted octanol–water partition coefficient (Wildman–Crippen LogP) is 3.12. The summed E-state index contributed by atoms with van der Waals surface area (Å²) in [7, 11) is 0. The topological polar surface area (TPSA) is 106 Å². The molecular weight excluding hydrogens is 454 g/mol. The minimum atomic E-state index is -1.04. The number of hydrogen-bond donors (Lipinski definition) is 3. The van der Waals surface area contributed by atoms with Crippen LogP contribution in [0.3, 0.4) is 0 Å². The highest BCUT2D eigenvalue weighted by atomic mass is 35.5. The van der Waals surface area contributed by atoms with Crippen LogP contribution < -0.4 is 25.4 Å². The number of halogens is 1. The molecule has 2 heterocycles. The van der Waals surface area contributed by atoms with Crippen molar-refractivity contribution in [2.75, 3.05) is 19.0 Å². The molecule has 0 bridgehead atoms. The summed E-state index contributed by atoms with van der Waals surface area (Å²) in [5.41, 5.74) is 0.230. The zero-order valence-electron chi connectivity index (χ0n) is 17.3. The first-order chi connectivity index (χ1) is 15.4. The number of fused-ring (bicyclic) bond motifs is 1. The van der Waals surface area contributed by atoms with Crippen LogP contribution in [-0.2, 0) is 11.3 Å². The molecule has 0 radical (unpaired) electrons. The number of benzene rings is 2. The lowest BCUT2D eigenvalue weighted by atomic mass is 10.1. The number of urea groups is 1. The van der Waals surface area contributed by atoms with E-state index in [4.69, 9.17) is 21.1 Å². The third-order valence-electron chi connectivity index (χ3n) is 5.08. The molecule has 3 N–H and O–H groups in total. The summed E-state index contributed by atoms with van der Waals surface area (Å²) in [6.07, 6.45) is 0.774. The number of ether oxygens (including phenoxy) is 2. The largest absolute Gasteiger partial charge is 0.489 e. The Labute approximate surface area is 194 Å². The molecule has 0 aliphatic carbocycles. The lowest BCUT2D eigenvalue weighted by Crippen LogP contribution is -2.46. The molecule has 2 aromatic rings. The highest BCUT2D eigenvalue weighted by Crippen LogP contribution is 2.38. The van der Waals surface area contributed by atoms with E-state index >= 15 is 0 Å². The highest BCUT2D eigenvalue weighted by molar-refractivity contribution is 7.99. The quantitative estimate of drug-likeness (QED) is 0.438. The smallest absolute Gasteiger partial charge is 0.322 e. The van der Waals surface area contributed by atoms with Crippen LogP contribution in [0.15, 0.2) is 41.3 Å². The lowest BCUT2D eigenvalue weighted by Gasteiger charge is -2.20. The normalized spacial score (nSPS) is 19.7. The van der Waals surface area contributed by atoms with E-state index in [0.717, 1.165) is 12.0 Å². The van der Waals surface area contributed by atoms with E-state index in [-0.39, 0.29) is 24.1 Å². The molecule has 0 unspecified atom stereocenters. The van der Waals surface area contributed by atoms with E-state index in [1.807, 2.05) is 18.2 Å². The van der Waals surface area contributed by atoms with Gasteiger partial charge in [0.15, 0.2) is 11.5 Å². The van der Waals surface area contributed by atoms with Crippen LogP contribution in [0.4, 0.5) is 4.79 Å². The Morgan fingerprint density at radius 2 is 2.00 bits per heavy atom. The van der Waals surface area contributed by atoms with Gasteiger partial charge in [0.1, 0.15) is 5.54 Å². The van der Waals surface area contributed by atoms with Gasteiger partial charge in [-0.15, -0.1) is 11.8 Å². The number of thioether (sulfide) groups is 1. The predicted molar refractivity (Wildman–Crippen MR) is 120 cm³/mol. The molecule has 1 atom stereocenters. The maximum atomic E-state index is 12.9. The SMILES string of the molecule is C[C@]1(CSc2ccccc2C(=O)NCc2cc(Cl)c3c(c2)OCCCO3)NC(=O)NC1=O. The second kappa shape index (κ2) is 9.30. The molecule has 1 saturated heterocycles. The minimum absolute atomic E-state index is 0.254. The molecule has 8 nitrogen and oxygen atoms in total. The van der Waals surface area contributed by atoms with E-state index in [1.54, 1.807) is 25.1 Å². The van der Waals surface area contributed by atoms with Gasteiger partial charge in [0.05, 0.1) is 23.8 Å². The molecule has 4 rings (SSSR count). The summed E-state index contributed by atoms with van der Waals surface area (Å²) >= 11 is 7.66. The molecule has 32 heavy (non-hydrogen) atoms. The first-order valence-corrected chi connectivity index (χ1v) is 11.4. The first-order valence-electron chi connectivity index (χ1n) is 10.1. The molecule has 10 heteroatoms. The molecule has 4 amide bonds. The second-order valence-electron chi connectivity index (χ2n) is 7.66. The monoisotopic (exact) mass is 475 g/mol. The highest BCUT2D eigenvalue weighted by Gasteiger charge is 2.41. The van der Waals surface area contributed by atoms with Crippen LogP contribution in [0.1, 0.15) is 29.3 Å². The van der Waals surface area contributed by atoms with Gasteiger partial charge in [0.25, 0.3) is 11.8 Å². The number of nitrogens with one attached hydrogen (secondary N) is 3. The van der Waals surface area contributed by atoms with Crippen LogP contribution in [0.5, 0.6) is 11.5 Å². The number of hydrogen-bond acceptors (Lipinski definition) is 6. The van der Waals surface area contributed by atoms with Gasteiger partial charge in [-0.3, -0.25) is 14.9 Å². The molecule has 0 aromatic heterocycles. The maximum Gasteiger partial charge on any atom is 0.322 e. The summed E-state index contributed by atoms with van der Waals surface area (Å²) in [6, 6.07) is 10.2. The zero-order chi connectivity index (χ0) is 22.7. The average molecular weight is 476 g/mol. The number of imide groups is 1. The standard InChI is InChI=1S/C22H22ClN3O5S/c1-22(20(28)25-21(29)26-22)12-32-17-6-3-2-5-14(17)19(27)24-11-13-9-15(23)18-16(10-13)30-7-4-8-31-18/h2-3,5-6,9-10H,4,7-8,11-12H2,1H3,(H,24,27)(H2,25,26,28,29)/t22-/m1/s1. The summed E-state index contributed by atoms with van der Waals surface area (Å²) in [5.74, 6) is 0.731. The molecule has 2 aromatic carbocycles. The van der Waals surface area contributed by atoms with Gasteiger partial charge >= 0.3 is 6.03 Å². The Morgan fingerprint density at radius 1 is 1.22 bits per heavy atom. The van der Waals surface area contributed by atoms with E-state index in [2.05, 4.69) is 16.0 Å². The van der Waals surface area contributed by atoms with Gasteiger partial charge in [0, 0.05) is 23.6 Å². The molecule has 1 fully saturated rings. The molecule has 2 aliphatic rings. The molecular formula is C22H22ClN3O5S. The minimum Gasteiger partial charge on any atom is -0.489 e. The van der Waals surface area contributed by atoms with Crippen LogP contribution in [0.2, 0.25) is 5.02 Å². The van der Waals surface area contributed by atoms with E-state index in [0.29, 0.717) is 40.2 Å². The van der Waals surface area contributed by atoms with Gasteiger partial charge < -0.3 is 20.1 Å². The van der Waals surface area contributed by atoms with E-state index in [1.165, 1.54) is 11.8 Å². The summed E-state index contributed by atoms with van der Waals surface area (Å²) < 4.78 is 11.3. The fourth-order valence-corrected chi connectivity index (χ4v) is 4.77. The average Bonchev–Trinajstić information content (AvgIpc) is 2.92. The number of carbonyl (C=O) groups is 3. The van der Waals surface area contributed by atoms with E-state index < -0.39 is 11.6 Å². The van der Waals surface area contributed by atoms with Crippen molar-refractivity contribution in [3.05, 3.63) is 52.5 Å². The Balaban J connectivity index is 1.43. The number of rotatable bonds is 6. The van der Waals surface area contributed by atoms with Crippen LogP contribution in [-0.4, -0.2) is 42.4 Å². The number of carbonyl (C=O) groups excluding carboxylic acids is 3. The molecule has 168 valence electrons. The zero-order valence-corrected chi connectivity index (χ0v) is 18.9. The third kappa shape index (κ3) is 4.78.